The van der Waals surface area contributed by atoms with E-state index in [0.29, 0.717) is 55.7 Å². The highest BCUT2D eigenvalue weighted by Gasteiger charge is 2.41. The van der Waals surface area contributed by atoms with Crippen molar-refractivity contribution in [2.75, 3.05) is 46.0 Å². The molecule has 5 rings (SSSR count). The van der Waals surface area contributed by atoms with Crippen molar-refractivity contribution in [3.63, 3.8) is 0 Å². The number of nitrogens with zero attached hydrogens (tertiary/aromatic N) is 2. The van der Waals surface area contributed by atoms with Crippen LogP contribution >= 0.6 is 11.6 Å². The van der Waals surface area contributed by atoms with E-state index in [0.717, 1.165) is 18.2 Å². The van der Waals surface area contributed by atoms with Crippen LogP contribution in [0.4, 0.5) is 4.39 Å². The Morgan fingerprint density at radius 3 is 2.58 bits per heavy atom. The van der Waals surface area contributed by atoms with Crippen LogP contribution in [0.3, 0.4) is 0 Å². The molecule has 9 heteroatoms. The highest BCUT2D eigenvalue weighted by Crippen LogP contribution is 2.36. The number of amides is 2. The molecule has 0 radical (unpaired) electrons. The molecule has 1 aromatic heterocycles. The standard InChI is InChI=1S/C27H28ClFN2O5/c28-20-2-7-23-19(14-20)15-24(36-23)26(33)31-9-1-8-27(17-31,16-25(32)30-10-12-34-13-11-30)18-35-22-5-3-21(29)4-6-22/h2-7,14-15H,1,8-13,16-18H2/t27-/m0/s1. The van der Waals surface area contributed by atoms with Crippen LogP contribution in [-0.2, 0) is 9.53 Å². The molecule has 1 atom stereocenters. The van der Waals surface area contributed by atoms with Crippen molar-refractivity contribution in [2.45, 2.75) is 19.3 Å². The van der Waals surface area contributed by atoms with Crippen molar-refractivity contribution >= 4 is 34.4 Å². The van der Waals surface area contributed by atoms with Gasteiger partial charge in [-0.2, -0.15) is 0 Å². The fourth-order valence-electron chi connectivity index (χ4n) is 4.98. The molecule has 2 fully saturated rings. The predicted octanol–water partition coefficient (Wildman–Crippen LogP) is 4.78. The Kier molecular flexibility index (Phi) is 7.16. The maximum Gasteiger partial charge on any atom is 0.289 e. The molecule has 0 unspecified atom stereocenters. The van der Waals surface area contributed by atoms with Crippen LogP contribution in [0, 0.1) is 11.2 Å². The molecule has 2 aliphatic heterocycles. The van der Waals surface area contributed by atoms with Gasteiger partial charge in [0.25, 0.3) is 5.91 Å². The Bertz CT molecular complexity index is 1240. The van der Waals surface area contributed by atoms with E-state index >= 15 is 0 Å². The minimum Gasteiger partial charge on any atom is -0.493 e. The molecule has 0 bridgehead atoms. The first-order chi connectivity index (χ1) is 17.4. The van der Waals surface area contributed by atoms with Crippen molar-refractivity contribution in [1.82, 2.24) is 9.80 Å². The van der Waals surface area contributed by atoms with Crippen molar-refractivity contribution in [2.24, 2.45) is 5.41 Å². The molecule has 2 aromatic carbocycles. The molecule has 7 nitrogen and oxygen atoms in total. The summed E-state index contributed by atoms with van der Waals surface area (Å²) in [6, 6.07) is 12.7. The number of ether oxygens (including phenoxy) is 2. The molecule has 190 valence electrons. The summed E-state index contributed by atoms with van der Waals surface area (Å²) in [6.07, 6.45) is 1.69. The zero-order valence-electron chi connectivity index (χ0n) is 19.9. The van der Waals surface area contributed by atoms with Crippen molar-refractivity contribution in [1.29, 1.82) is 0 Å². The lowest BCUT2D eigenvalue weighted by Gasteiger charge is -2.43. The van der Waals surface area contributed by atoms with Gasteiger partial charge in [-0.15, -0.1) is 0 Å². The predicted molar refractivity (Wildman–Crippen MR) is 133 cm³/mol. The number of hydrogen-bond donors (Lipinski definition) is 0. The first-order valence-corrected chi connectivity index (χ1v) is 12.5. The van der Waals surface area contributed by atoms with Gasteiger partial charge in [-0.1, -0.05) is 11.6 Å². The topological polar surface area (TPSA) is 72.2 Å². The number of fused-ring (bicyclic) bond motifs is 1. The molecule has 0 N–H and O–H groups in total. The third-order valence-corrected chi connectivity index (χ3v) is 7.12. The third-order valence-electron chi connectivity index (χ3n) is 6.89. The van der Waals surface area contributed by atoms with E-state index in [9.17, 15) is 14.0 Å². The Labute approximate surface area is 213 Å². The molecular formula is C27H28ClFN2O5. The molecule has 2 amide bonds. The van der Waals surface area contributed by atoms with E-state index in [1.807, 2.05) is 4.90 Å². The fourth-order valence-corrected chi connectivity index (χ4v) is 5.16. The monoisotopic (exact) mass is 514 g/mol. The summed E-state index contributed by atoms with van der Waals surface area (Å²) in [5.74, 6) is 0.205. The van der Waals surface area contributed by atoms with Crippen LogP contribution in [0.15, 0.2) is 52.9 Å². The Morgan fingerprint density at radius 1 is 1.03 bits per heavy atom. The first kappa shape index (κ1) is 24.6. The quantitative estimate of drug-likeness (QED) is 0.473. The van der Waals surface area contributed by atoms with Gasteiger partial charge in [0.15, 0.2) is 5.76 Å². The zero-order valence-corrected chi connectivity index (χ0v) is 20.6. The minimum absolute atomic E-state index is 0.0219. The van der Waals surface area contributed by atoms with Crippen LogP contribution in [0.2, 0.25) is 5.02 Å². The van der Waals surface area contributed by atoms with Gasteiger partial charge in [0.2, 0.25) is 5.91 Å². The van der Waals surface area contributed by atoms with Gasteiger partial charge in [0.1, 0.15) is 17.1 Å². The average Bonchev–Trinajstić information content (AvgIpc) is 3.32. The summed E-state index contributed by atoms with van der Waals surface area (Å²) < 4.78 is 30.6. The normalized spacial score (nSPS) is 20.5. The zero-order chi connectivity index (χ0) is 25.1. The van der Waals surface area contributed by atoms with Crippen LogP contribution in [0.25, 0.3) is 11.0 Å². The van der Waals surface area contributed by atoms with E-state index < -0.39 is 5.41 Å². The van der Waals surface area contributed by atoms with Gasteiger partial charge in [0, 0.05) is 48.4 Å². The second-order valence-electron chi connectivity index (χ2n) is 9.54. The smallest absolute Gasteiger partial charge is 0.289 e. The molecular weight excluding hydrogens is 487 g/mol. The summed E-state index contributed by atoms with van der Waals surface area (Å²) in [6.45, 7) is 3.28. The molecule has 0 aliphatic carbocycles. The average molecular weight is 515 g/mol. The third kappa shape index (κ3) is 5.50. The highest BCUT2D eigenvalue weighted by molar-refractivity contribution is 6.31. The molecule has 36 heavy (non-hydrogen) atoms. The van der Waals surface area contributed by atoms with Crippen LogP contribution < -0.4 is 4.74 Å². The minimum atomic E-state index is -0.590. The fraction of sp³-hybridized carbons (Fsp3) is 0.407. The number of morpholine rings is 1. The number of likely N-dealkylation sites (tertiary alicyclic amines) is 1. The summed E-state index contributed by atoms with van der Waals surface area (Å²) in [5, 5.41) is 1.33. The van der Waals surface area contributed by atoms with Crippen LogP contribution in [0.1, 0.15) is 29.8 Å². The summed E-state index contributed by atoms with van der Waals surface area (Å²) in [4.78, 5) is 30.3. The molecule has 3 aromatic rings. The maximum absolute atomic E-state index is 13.4. The van der Waals surface area contributed by atoms with Crippen molar-refractivity contribution < 1.29 is 27.9 Å². The van der Waals surface area contributed by atoms with Gasteiger partial charge in [-0.05, 0) is 61.4 Å². The van der Waals surface area contributed by atoms with Crippen LogP contribution in [-0.4, -0.2) is 67.6 Å². The Balaban J connectivity index is 1.36. The molecule has 3 heterocycles. The summed E-state index contributed by atoms with van der Waals surface area (Å²) >= 11 is 6.08. The SMILES string of the molecule is O=C(C[C@@]1(COc2ccc(F)cc2)CCCN(C(=O)c2cc3cc(Cl)ccc3o2)C1)N1CCOCC1. The number of rotatable bonds is 6. The number of carbonyl (C=O) groups excluding carboxylic acids is 2. The number of hydrogen-bond acceptors (Lipinski definition) is 5. The van der Waals surface area contributed by atoms with E-state index in [1.54, 1.807) is 41.3 Å². The molecule has 0 saturated carbocycles. The Hall–Kier alpha value is -3.10. The van der Waals surface area contributed by atoms with Crippen molar-refractivity contribution in [3.8, 4) is 5.75 Å². The lowest BCUT2D eigenvalue weighted by Crippen LogP contribution is -2.52. The molecule has 2 saturated heterocycles. The summed E-state index contributed by atoms with van der Waals surface area (Å²) in [7, 11) is 0. The second-order valence-corrected chi connectivity index (χ2v) is 9.97. The highest BCUT2D eigenvalue weighted by atomic mass is 35.5. The van der Waals surface area contributed by atoms with E-state index in [4.69, 9.17) is 25.5 Å². The molecule has 0 spiro atoms. The Morgan fingerprint density at radius 2 is 1.81 bits per heavy atom. The number of piperidine rings is 1. The second kappa shape index (κ2) is 10.5. The van der Waals surface area contributed by atoms with Crippen molar-refractivity contribution in [3.05, 3.63) is 65.1 Å². The first-order valence-electron chi connectivity index (χ1n) is 12.1. The lowest BCUT2D eigenvalue weighted by atomic mass is 9.77. The number of furan rings is 1. The summed E-state index contributed by atoms with van der Waals surface area (Å²) in [5.41, 5.74) is 0.000619. The largest absolute Gasteiger partial charge is 0.493 e. The van der Waals surface area contributed by atoms with Crippen LogP contribution in [0.5, 0.6) is 5.75 Å². The number of benzene rings is 2. The van der Waals surface area contributed by atoms with E-state index in [-0.39, 0.29) is 36.4 Å². The molecule has 2 aliphatic rings. The van der Waals surface area contributed by atoms with Gasteiger partial charge in [-0.25, -0.2) is 4.39 Å². The van der Waals surface area contributed by atoms with Gasteiger partial charge < -0.3 is 23.7 Å². The lowest BCUT2D eigenvalue weighted by molar-refractivity contribution is -0.139. The number of halogens is 2. The number of carbonyl (C=O) groups is 2. The van der Waals surface area contributed by atoms with E-state index in [2.05, 4.69) is 0 Å². The van der Waals surface area contributed by atoms with Gasteiger partial charge in [-0.3, -0.25) is 9.59 Å². The maximum atomic E-state index is 13.4. The van der Waals surface area contributed by atoms with E-state index in [1.165, 1.54) is 12.1 Å². The van der Waals surface area contributed by atoms with Gasteiger partial charge >= 0.3 is 0 Å². The van der Waals surface area contributed by atoms with Gasteiger partial charge in [0.05, 0.1) is 19.8 Å².